The summed E-state index contributed by atoms with van der Waals surface area (Å²) in [5, 5.41) is 4.59. The van der Waals surface area contributed by atoms with E-state index in [1.165, 1.54) is 10.9 Å². The number of rotatable bonds is 5. The van der Waals surface area contributed by atoms with Crippen molar-refractivity contribution >= 4 is 16.6 Å². The predicted octanol–water partition coefficient (Wildman–Crippen LogP) is 3.35. The van der Waals surface area contributed by atoms with E-state index in [0.717, 1.165) is 30.7 Å². The fraction of sp³-hybridized carbons (Fsp3) is 0.235. The summed E-state index contributed by atoms with van der Waals surface area (Å²) in [5.41, 5.74) is 3.37. The number of aryl methyl sites for hydroxylation is 1. The lowest BCUT2D eigenvalue weighted by molar-refractivity contribution is 0.655. The number of nitrogens with zero attached hydrogens (tertiary/aromatic N) is 1. The van der Waals surface area contributed by atoms with Gasteiger partial charge in [0, 0.05) is 37.1 Å². The number of hydrogen-bond acceptors (Lipinski definition) is 2. The summed E-state index contributed by atoms with van der Waals surface area (Å²) in [6.45, 7) is 3.56. The van der Waals surface area contributed by atoms with Crippen LogP contribution in [0.1, 0.15) is 18.9 Å². The first-order valence-corrected chi connectivity index (χ1v) is 7.26. The average molecular weight is 281 g/mol. The second kappa shape index (κ2) is 5.87. The zero-order valence-electron chi connectivity index (χ0n) is 12.1. The van der Waals surface area contributed by atoms with Crippen molar-refractivity contribution in [1.82, 2.24) is 9.55 Å². The van der Waals surface area contributed by atoms with Crippen molar-refractivity contribution in [3.63, 3.8) is 0 Å². The number of aromatic nitrogens is 2. The fourth-order valence-corrected chi connectivity index (χ4v) is 2.46. The van der Waals surface area contributed by atoms with Gasteiger partial charge < -0.3 is 14.9 Å². The Morgan fingerprint density at radius 1 is 1.19 bits per heavy atom. The van der Waals surface area contributed by atoms with Crippen LogP contribution in [0.15, 0.2) is 53.6 Å². The Hall–Kier alpha value is -2.49. The minimum Gasteiger partial charge on any atom is -0.380 e. The molecule has 0 amide bonds. The molecule has 0 aliphatic carbocycles. The molecule has 1 aromatic carbocycles. The number of anilines is 1. The van der Waals surface area contributed by atoms with E-state index in [-0.39, 0.29) is 5.56 Å². The van der Waals surface area contributed by atoms with Crippen molar-refractivity contribution < 1.29 is 0 Å². The molecule has 4 heteroatoms. The highest BCUT2D eigenvalue weighted by molar-refractivity contribution is 5.79. The van der Waals surface area contributed by atoms with E-state index in [2.05, 4.69) is 41.5 Å². The summed E-state index contributed by atoms with van der Waals surface area (Å²) in [6.07, 6.45) is 4.79. The van der Waals surface area contributed by atoms with Gasteiger partial charge >= 0.3 is 0 Å². The monoisotopic (exact) mass is 281 g/mol. The fourth-order valence-electron chi connectivity index (χ4n) is 2.46. The minimum absolute atomic E-state index is 0.0511. The molecule has 0 spiro atoms. The molecule has 0 aliphatic rings. The highest BCUT2D eigenvalue weighted by atomic mass is 16.1. The molecule has 0 saturated carbocycles. The van der Waals surface area contributed by atoms with E-state index >= 15 is 0 Å². The maximum absolute atomic E-state index is 11.7. The first-order valence-electron chi connectivity index (χ1n) is 7.26. The largest absolute Gasteiger partial charge is 0.380 e. The van der Waals surface area contributed by atoms with Crippen LogP contribution in [0.2, 0.25) is 0 Å². The van der Waals surface area contributed by atoms with Gasteiger partial charge in [-0.2, -0.15) is 0 Å². The second-order valence-corrected chi connectivity index (χ2v) is 5.20. The second-order valence-electron chi connectivity index (χ2n) is 5.20. The van der Waals surface area contributed by atoms with Crippen molar-refractivity contribution in [1.29, 1.82) is 0 Å². The van der Waals surface area contributed by atoms with Gasteiger partial charge in [0.05, 0.1) is 5.69 Å². The molecule has 21 heavy (non-hydrogen) atoms. The molecule has 2 N–H and O–H groups in total. The molecule has 0 atom stereocenters. The molecule has 2 heterocycles. The number of fused-ring (bicyclic) bond motifs is 1. The average Bonchev–Trinajstić information content (AvgIpc) is 2.96. The third-order valence-corrected chi connectivity index (χ3v) is 3.56. The lowest BCUT2D eigenvalue weighted by atomic mass is 10.1. The number of nitrogens with one attached hydrogen (secondary N) is 2. The van der Waals surface area contributed by atoms with Gasteiger partial charge in [-0.05, 0) is 35.6 Å². The van der Waals surface area contributed by atoms with Crippen molar-refractivity contribution in [2.75, 3.05) is 5.32 Å². The van der Waals surface area contributed by atoms with Crippen molar-refractivity contribution in [3.8, 4) is 0 Å². The maximum atomic E-state index is 11.7. The van der Waals surface area contributed by atoms with Crippen LogP contribution in [-0.2, 0) is 13.1 Å². The van der Waals surface area contributed by atoms with E-state index in [0.29, 0.717) is 0 Å². The lowest BCUT2D eigenvalue weighted by Gasteiger charge is -2.10. The Kier molecular flexibility index (Phi) is 3.77. The summed E-state index contributed by atoms with van der Waals surface area (Å²) in [6, 6.07) is 11.9. The smallest absolute Gasteiger partial charge is 0.250 e. The van der Waals surface area contributed by atoms with Gasteiger partial charge in [0.2, 0.25) is 0 Å². The summed E-state index contributed by atoms with van der Waals surface area (Å²) < 4.78 is 1.75. The lowest BCUT2D eigenvalue weighted by Crippen LogP contribution is -2.18. The molecular weight excluding hydrogens is 262 g/mol. The Balaban J connectivity index is 1.74. The Labute approximate surface area is 123 Å². The summed E-state index contributed by atoms with van der Waals surface area (Å²) in [4.78, 5) is 14.9. The number of pyridine rings is 1. The summed E-state index contributed by atoms with van der Waals surface area (Å²) in [7, 11) is 0. The summed E-state index contributed by atoms with van der Waals surface area (Å²) in [5.74, 6) is 0. The zero-order chi connectivity index (χ0) is 14.7. The van der Waals surface area contributed by atoms with Crippen LogP contribution in [0.4, 0.5) is 5.69 Å². The van der Waals surface area contributed by atoms with E-state index in [1.807, 2.05) is 18.5 Å². The highest BCUT2D eigenvalue weighted by Crippen LogP contribution is 2.15. The molecule has 4 nitrogen and oxygen atoms in total. The van der Waals surface area contributed by atoms with Gasteiger partial charge in [-0.15, -0.1) is 0 Å². The molecule has 2 aromatic heterocycles. The molecular formula is C17H19N3O. The van der Waals surface area contributed by atoms with E-state index in [9.17, 15) is 4.79 Å². The molecule has 0 fully saturated rings. The van der Waals surface area contributed by atoms with Gasteiger partial charge in [0.1, 0.15) is 0 Å². The molecule has 0 radical (unpaired) electrons. The van der Waals surface area contributed by atoms with Crippen LogP contribution in [-0.4, -0.2) is 9.55 Å². The van der Waals surface area contributed by atoms with Gasteiger partial charge in [-0.3, -0.25) is 4.79 Å². The van der Waals surface area contributed by atoms with Crippen LogP contribution >= 0.6 is 0 Å². The topological polar surface area (TPSA) is 49.8 Å². The molecule has 108 valence electrons. The van der Waals surface area contributed by atoms with Crippen LogP contribution in [0.25, 0.3) is 10.9 Å². The first-order chi connectivity index (χ1) is 10.3. The third-order valence-electron chi connectivity index (χ3n) is 3.56. The van der Waals surface area contributed by atoms with Gasteiger partial charge in [-0.1, -0.05) is 19.1 Å². The minimum atomic E-state index is 0.0511. The van der Waals surface area contributed by atoms with Gasteiger partial charge in [-0.25, -0.2) is 0 Å². The quantitative estimate of drug-likeness (QED) is 0.753. The molecule has 0 saturated heterocycles. The van der Waals surface area contributed by atoms with Gasteiger partial charge in [0.15, 0.2) is 0 Å². The normalized spacial score (nSPS) is 10.9. The van der Waals surface area contributed by atoms with Crippen molar-refractivity contribution in [3.05, 3.63) is 64.7 Å². The molecule has 0 unspecified atom stereocenters. The van der Waals surface area contributed by atoms with Gasteiger partial charge in [0.25, 0.3) is 5.56 Å². The maximum Gasteiger partial charge on any atom is 0.250 e. The van der Waals surface area contributed by atoms with Crippen LogP contribution in [0.5, 0.6) is 0 Å². The standard InChI is InChI=1S/C17H19N3O/c1-2-9-20-12-15(5-6-17(20)21)19-11-13-3-4-14-7-8-18-16(14)10-13/h3-8,10,12,18-19H,2,9,11H2,1H3. The van der Waals surface area contributed by atoms with Crippen LogP contribution in [0.3, 0.4) is 0 Å². The number of aromatic amines is 1. The van der Waals surface area contributed by atoms with Crippen LogP contribution in [0, 0.1) is 0 Å². The van der Waals surface area contributed by atoms with Crippen molar-refractivity contribution in [2.24, 2.45) is 0 Å². The first kappa shape index (κ1) is 13.5. The predicted molar refractivity (Wildman–Crippen MR) is 86.6 cm³/mol. The molecule has 3 rings (SSSR count). The van der Waals surface area contributed by atoms with Crippen LogP contribution < -0.4 is 10.9 Å². The zero-order valence-corrected chi connectivity index (χ0v) is 12.1. The Morgan fingerprint density at radius 2 is 2.10 bits per heavy atom. The Bertz CT molecular complexity index is 801. The van der Waals surface area contributed by atoms with E-state index < -0.39 is 0 Å². The van der Waals surface area contributed by atoms with Crippen molar-refractivity contribution in [2.45, 2.75) is 26.4 Å². The number of hydrogen-bond donors (Lipinski definition) is 2. The van der Waals surface area contributed by atoms with E-state index in [4.69, 9.17) is 0 Å². The number of benzene rings is 1. The van der Waals surface area contributed by atoms with E-state index in [1.54, 1.807) is 10.6 Å². The molecule has 0 aliphatic heterocycles. The third kappa shape index (κ3) is 2.99. The Morgan fingerprint density at radius 3 is 2.95 bits per heavy atom. The summed E-state index contributed by atoms with van der Waals surface area (Å²) >= 11 is 0. The molecule has 3 aromatic rings. The highest BCUT2D eigenvalue weighted by Gasteiger charge is 2.00. The SMILES string of the molecule is CCCn1cc(NCc2ccc3cc[nH]c3c2)ccc1=O. The molecule has 0 bridgehead atoms. The number of H-pyrrole nitrogens is 1.